The van der Waals surface area contributed by atoms with Gasteiger partial charge in [-0.3, -0.25) is 5.10 Å². The standard InChI is InChI=1S/C25H31F3N14/c1-13-10-32-37-22(13)17-8-21(41-6-4-15(12-41)31-2)36-24(34-17)39-42-18(9-19(38-42)25(26,27)28)16-7-20(35-23(30)33-16)40-5-3-14(29)11-40/h7-10,14-15,31H,3-6,11-12,29H2,1-2H3,(H,32,37)(H2,30,33,35)(H,34,36,39)/t14-,15-/m1/s1. The van der Waals surface area contributed by atoms with E-state index in [1.807, 2.05) is 24.9 Å². The van der Waals surface area contributed by atoms with Crippen LogP contribution < -0.4 is 32.0 Å². The molecule has 2 aliphatic heterocycles. The molecule has 0 bridgehead atoms. The average molecular weight is 585 g/mol. The molecule has 17 heteroatoms. The molecule has 7 N–H and O–H groups in total. The van der Waals surface area contributed by atoms with Crippen molar-refractivity contribution in [1.29, 1.82) is 0 Å². The van der Waals surface area contributed by atoms with Crippen molar-refractivity contribution >= 4 is 23.5 Å². The van der Waals surface area contributed by atoms with Gasteiger partial charge >= 0.3 is 6.18 Å². The third-order valence-corrected chi connectivity index (χ3v) is 7.46. The number of hydrogen-bond donors (Lipinski definition) is 5. The minimum absolute atomic E-state index is 0.00543. The second-order valence-electron chi connectivity index (χ2n) is 10.5. The van der Waals surface area contributed by atoms with Gasteiger partial charge in [0.2, 0.25) is 11.9 Å². The zero-order chi connectivity index (χ0) is 29.6. The summed E-state index contributed by atoms with van der Waals surface area (Å²) in [5.41, 5.74) is 16.0. The molecular weight excluding hydrogens is 553 g/mol. The molecule has 2 saturated heterocycles. The number of nitrogens with two attached hydrogens (primary N) is 2. The van der Waals surface area contributed by atoms with Gasteiger partial charge in [0, 0.05) is 56.5 Å². The van der Waals surface area contributed by atoms with Gasteiger partial charge in [0.1, 0.15) is 17.3 Å². The van der Waals surface area contributed by atoms with Crippen molar-refractivity contribution < 1.29 is 13.2 Å². The Morgan fingerprint density at radius 2 is 1.71 bits per heavy atom. The monoisotopic (exact) mass is 584 g/mol. The summed E-state index contributed by atoms with van der Waals surface area (Å²) in [5.74, 6) is 1.02. The first-order valence-electron chi connectivity index (χ1n) is 13.5. The van der Waals surface area contributed by atoms with Crippen LogP contribution in [-0.4, -0.2) is 85.3 Å². The van der Waals surface area contributed by atoms with Crippen molar-refractivity contribution in [2.24, 2.45) is 5.73 Å². The number of aromatic nitrogens is 8. The van der Waals surface area contributed by atoms with Crippen LogP contribution in [-0.2, 0) is 6.18 Å². The Balaban J connectivity index is 1.42. The lowest BCUT2D eigenvalue weighted by molar-refractivity contribution is -0.141. The van der Waals surface area contributed by atoms with E-state index in [0.717, 1.165) is 35.8 Å². The summed E-state index contributed by atoms with van der Waals surface area (Å²) in [6, 6.07) is 4.54. The molecule has 222 valence electrons. The number of halogens is 3. The largest absolute Gasteiger partial charge is 0.435 e. The fraction of sp³-hybridized carbons (Fsp3) is 0.440. The molecule has 6 rings (SSSR count). The molecule has 4 aromatic heterocycles. The van der Waals surface area contributed by atoms with E-state index in [1.165, 1.54) is 0 Å². The van der Waals surface area contributed by atoms with Gasteiger partial charge < -0.3 is 26.6 Å². The van der Waals surface area contributed by atoms with E-state index in [-0.39, 0.29) is 35.4 Å². The first kappa shape index (κ1) is 27.6. The normalized spacial score (nSPS) is 19.2. The number of hydrogen-bond acceptors (Lipinski definition) is 12. The molecular formula is C25H31F3N14. The van der Waals surface area contributed by atoms with Crippen LogP contribution >= 0.6 is 0 Å². The smallest absolute Gasteiger partial charge is 0.368 e. The van der Waals surface area contributed by atoms with E-state index in [2.05, 4.69) is 50.9 Å². The maximum absolute atomic E-state index is 13.9. The zero-order valence-electron chi connectivity index (χ0n) is 23.0. The SMILES string of the molecule is CN[C@@H]1CCN(c2cc(-c3[nH]ncc3C)nc(Nn3nc(C(F)(F)F)cc3-c3cc(N4CC[C@@H](N)C4)nc(N)n3)n2)C1. The molecule has 0 aromatic carbocycles. The number of nitrogens with zero attached hydrogens (tertiary/aromatic N) is 9. The summed E-state index contributed by atoms with van der Waals surface area (Å²) in [6.07, 6.45) is -1.37. The van der Waals surface area contributed by atoms with E-state index in [0.29, 0.717) is 42.7 Å². The van der Waals surface area contributed by atoms with Crippen LogP contribution in [0.2, 0.25) is 0 Å². The van der Waals surface area contributed by atoms with Crippen molar-refractivity contribution in [3.8, 4) is 22.8 Å². The van der Waals surface area contributed by atoms with E-state index in [4.69, 9.17) is 11.5 Å². The Bertz CT molecular complexity index is 1580. The van der Waals surface area contributed by atoms with Crippen molar-refractivity contribution in [3.05, 3.63) is 35.7 Å². The van der Waals surface area contributed by atoms with Gasteiger partial charge in [0.15, 0.2) is 5.69 Å². The van der Waals surface area contributed by atoms with Gasteiger partial charge in [-0.05, 0) is 32.4 Å². The quantitative estimate of drug-likeness (QED) is 0.212. The Morgan fingerprint density at radius 3 is 2.38 bits per heavy atom. The highest BCUT2D eigenvalue weighted by Crippen LogP contribution is 2.33. The van der Waals surface area contributed by atoms with Crippen LogP contribution in [0, 0.1) is 6.92 Å². The van der Waals surface area contributed by atoms with Gasteiger partial charge in [0.05, 0.1) is 23.3 Å². The third kappa shape index (κ3) is 5.52. The van der Waals surface area contributed by atoms with Crippen molar-refractivity contribution in [1.82, 2.24) is 45.3 Å². The highest BCUT2D eigenvalue weighted by Gasteiger charge is 2.36. The van der Waals surface area contributed by atoms with E-state index in [1.54, 1.807) is 12.3 Å². The zero-order valence-corrected chi connectivity index (χ0v) is 23.0. The molecule has 2 fully saturated rings. The van der Waals surface area contributed by atoms with Gasteiger partial charge in [-0.1, -0.05) is 0 Å². The predicted molar refractivity (Wildman–Crippen MR) is 151 cm³/mol. The molecule has 0 spiro atoms. The second kappa shape index (κ2) is 10.7. The van der Waals surface area contributed by atoms with Crippen molar-refractivity contribution in [3.63, 3.8) is 0 Å². The van der Waals surface area contributed by atoms with Gasteiger partial charge in [-0.15, -0.1) is 5.10 Å². The highest BCUT2D eigenvalue weighted by molar-refractivity contribution is 5.66. The Labute approximate surface area is 238 Å². The summed E-state index contributed by atoms with van der Waals surface area (Å²) < 4.78 is 41.6. The Morgan fingerprint density at radius 1 is 0.976 bits per heavy atom. The van der Waals surface area contributed by atoms with Gasteiger partial charge in [-0.25, -0.2) is 15.4 Å². The number of nitrogen functional groups attached to an aromatic ring is 1. The number of nitrogens with one attached hydrogen (secondary N) is 3. The average Bonchev–Trinajstić information content (AvgIpc) is 3.75. The lowest BCUT2D eigenvalue weighted by Gasteiger charge is -2.20. The maximum atomic E-state index is 13.9. The molecule has 0 saturated carbocycles. The van der Waals surface area contributed by atoms with Crippen molar-refractivity contribution in [2.45, 2.75) is 38.0 Å². The number of anilines is 4. The lowest BCUT2D eigenvalue weighted by Crippen LogP contribution is -2.30. The summed E-state index contributed by atoms with van der Waals surface area (Å²) >= 11 is 0. The molecule has 42 heavy (non-hydrogen) atoms. The summed E-state index contributed by atoms with van der Waals surface area (Å²) in [4.78, 5) is 22.7. The van der Waals surface area contributed by atoms with Crippen LogP contribution in [0.15, 0.2) is 24.4 Å². The molecule has 0 unspecified atom stereocenters. The molecule has 2 atom stereocenters. The fourth-order valence-corrected chi connectivity index (χ4v) is 5.21. The van der Waals surface area contributed by atoms with Crippen LogP contribution in [0.5, 0.6) is 0 Å². The lowest BCUT2D eigenvalue weighted by atomic mass is 10.2. The molecule has 0 amide bonds. The maximum Gasteiger partial charge on any atom is 0.435 e. The van der Waals surface area contributed by atoms with E-state index in [9.17, 15) is 13.2 Å². The van der Waals surface area contributed by atoms with Crippen molar-refractivity contribution in [2.75, 3.05) is 54.2 Å². The molecule has 0 aliphatic carbocycles. The topological polar surface area (TPSA) is 181 Å². The minimum Gasteiger partial charge on any atom is -0.368 e. The molecule has 4 aromatic rings. The molecule has 6 heterocycles. The minimum atomic E-state index is -4.72. The van der Waals surface area contributed by atoms with Crippen LogP contribution in [0.25, 0.3) is 22.8 Å². The molecule has 0 radical (unpaired) electrons. The van der Waals surface area contributed by atoms with Gasteiger partial charge in [0.25, 0.3) is 0 Å². The first-order chi connectivity index (χ1) is 20.1. The van der Waals surface area contributed by atoms with E-state index < -0.39 is 11.9 Å². The Hall–Kier alpha value is -4.51. The number of aryl methyl sites for hydroxylation is 1. The number of H-pyrrole nitrogens is 1. The Kier molecular flexibility index (Phi) is 7.05. The van der Waals surface area contributed by atoms with Gasteiger partial charge in [-0.2, -0.15) is 33.0 Å². The second-order valence-corrected chi connectivity index (χ2v) is 10.5. The summed E-state index contributed by atoms with van der Waals surface area (Å²) in [5, 5.41) is 14.1. The number of rotatable bonds is 7. The molecule has 14 nitrogen and oxygen atoms in total. The summed E-state index contributed by atoms with van der Waals surface area (Å²) in [7, 11) is 1.90. The first-order valence-corrected chi connectivity index (χ1v) is 13.5. The number of alkyl halides is 3. The predicted octanol–water partition coefficient (Wildman–Crippen LogP) is 1.64. The van der Waals surface area contributed by atoms with Crippen LogP contribution in [0.4, 0.5) is 36.7 Å². The molecule has 2 aliphatic rings. The van der Waals surface area contributed by atoms with Crippen LogP contribution in [0.1, 0.15) is 24.1 Å². The number of aromatic amines is 1. The van der Waals surface area contributed by atoms with E-state index >= 15 is 0 Å². The third-order valence-electron chi connectivity index (χ3n) is 7.46. The highest BCUT2D eigenvalue weighted by atomic mass is 19.4. The van der Waals surface area contributed by atoms with Crippen LogP contribution in [0.3, 0.4) is 0 Å². The fourth-order valence-electron chi connectivity index (χ4n) is 5.21. The summed E-state index contributed by atoms with van der Waals surface area (Å²) in [6.45, 7) is 4.53. The number of likely N-dealkylation sites (N-methyl/N-ethyl adjacent to an activating group) is 1.